The molecule has 158 valence electrons. The molecule has 1 aromatic heterocycles. The minimum atomic E-state index is -1.27. The molecule has 31 heavy (non-hydrogen) atoms. The molecule has 0 bridgehead atoms. The smallest absolute Gasteiger partial charge is 0.353 e. The number of aryl methyl sites for hydroxylation is 1. The van der Waals surface area contributed by atoms with Crippen molar-refractivity contribution in [2.24, 2.45) is 0 Å². The van der Waals surface area contributed by atoms with Crippen LogP contribution in [-0.2, 0) is 19.8 Å². The van der Waals surface area contributed by atoms with Crippen LogP contribution in [0.3, 0.4) is 0 Å². The number of hydrogen-bond acceptors (Lipinski definition) is 8. The van der Waals surface area contributed by atoms with E-state index in [-0.39, 0.29) is 22.0 Å². The van der Waals surface area contributed by atoms with Crippen molar-refractivity contribution < 1.29 is 19.5 Å². The Morgan fingerprint density at radius 2 is 1.97 bits per heavy atom. The number of carbonyl (C=O) groups is 3. The summed E-state index contributed by atoms with van der Waals surface area (Å²) in [7, 11) is 0. The highest BCUT2D eigenvalue weighted by Gasteiger charge is 2.56. The van der Waals surface area contributed by atoms with Gasteiger partial charge in [-0.3, -0.25) is 14.5 Å². The maximum Gasteiger partial charge on any atom is 0.353 e. The summed E-state index contributed by atoms with van der Waals surface area (Å²) in [4.78, 5) is 39.2. The van der Waals surface area contributed by atoms with E-state index in [1.807, 2.05) is 30.3 Å². The number of rotatable bonds is 5. The number of benzene rings is 1. The first kappa shape index (κ1) is 20.3. The maximum absolute atomic E-state index is 13.4. The number of thiocarbonyl (C=S) groups is 1. The lowest BCUT2D eigenvalue weighted by Gasteiger charge is -2.46. The zero-order chi connectivity index (χ0) is 21.9. The Balaban J connectivity index is 1.56. The first-order chi connectivity index (χ1) is 14.8. The van der Waals surface area contributed by atoms with Gasteiger partial charge in [0.05, 0.1) is 11.0 Å². The van der Waals surface area contributed by atoms with Crippen LogP contribution in [0, 0.1) is 6.92 Å². The van der Waals surface area contributed by atoms with Gasteiger partial charge in [-0.15, -0.1) is 22.0 Å². The van der Waals surface area contributed by atoms with Crippen molar-refractivity contribution in [1.82, 2.24) is 20.4 Å². The van der Waals surface area contributed by atoms with Crippen LogP contribution >= 0.6 is 35.3 Å². The minimum Gasteiger partial charge on any atom is -0.477 e. The average molecular weight is 473 g/mol. The quantitative estimate of drug-likeness (QED) is 0.503. The zero-order valence-corrected chi connectivity index (χ0v) is 18.6. The predicted molar refractivity (Wildman–Crippen MR) is 119 cm³/mol. The summed E-state index contributed by atoms with van der Waals surface area (Å²) in [5.74, 6) is -1.95. The molecular weight excluding hydrogens is 456 g/mol. The topological polar surface area (TPSA) is 112 Å². The van der Waals surface area contributed by atoms with Crippen LogP contribution in [-0.4, -0.2) is 53.6 Å². The van der Waals surface area contributed by atoms with Crippen molar-refractivity contribution >= 4 is 63.5 Å². The largest absolute Gasteiger partial charge is 0.477 e. The lowest BCUT2D eigenvalue weighted by Crippen LogP contribution is -2.63. The molecule has 3 heterocycles. The number of carbonyl (C=O) groups excluding carboxylic acids is 2. The second-order valence-corrected chi connectivity index (χ2v) is 10.3. The van der Waals surface area contributed by atoms with Gasteiger partial charge < -0.3 is 10.4 Å². The van der Waals surface area contributed by atoms with Crippen molar-refractivity contribution in [3.05, 3.63) is 51.6 Å². The monoisotopic (exact) mass is 472 g/mol. The summed E-state index contributed by atoms with van der Waals surface area (Å²) in [5, 5.41) is 20.8. The molecule has 3 aliphatic rings. The van der Waals surface area contributed by atoms with Crippen molar-refractivity contribution in [2.45, 2.75) is 35.9 Å². The van der Waals surface area contributed by atoms with E-state index in [0.29, 0.717) is 10.0 Å². The molecule has 2 atom stereocenters. The van der Waals surface area contributed by atoms with E-state index in [1.54, 1.807) is 6.92 Å². The SMILES string of the molecule is Cc1nnc(C2=C(C(=O)O)N3C(=O)C(=S)[C@@H]3SC2NC(=O)C2(c3ccccc3)CC2)s1. The molecule has 1 unspecified atom stereocenters. The number of aliphatic carboxylic acids is 1. The Hall–Kier alpha value is -2.63. The van der Waals surface area contributed by atoms with Gasteiger partial charge in [0, 0.05) is 0 Å². The summed E-state index contributed by atoms with van der Waals surface area (Å²) in [6.07, 6.45) is 1.44. The molecule has 2 aliphatic heterocycles. The van der Waals surface area contributed by atoms with E-state index in [9.17, 15) is 19.5 Å². The number of aromatic nitrogens is 2. The molecule has 2 fully saturated rings. The summed E-state index contributed by atoms with van der Waals surface area (Å²) >= 11 is 7.63. The number of hydrogen-bond donors (Lipinski definition) is 2. The van der Waals surface area contributed by atoms with Gasteiger partial charge in [0.25, 0.3) is 5.91 Å². The van der Waals surface area contributed by atoms with Crippen LogP contribution < -0.4 is 5.32 Å². The molecule has 0 radical (unpaired) electrons. The Morgan fingerprint density at radius 1 is 1.26 bits per heavy atom. The maximum atomic E-state index is 13.4. The number of fused-ring (bicyclic) bond motifs is 1. The molecule has 2 amide bonds. The fourth-order valence-corrected chi connectivity index (χ4v) is 6.46. The molecule has 11 heteroatoms. The highest BCUT2D eigenvalue weighted by Crippen LogP contribution is 2.50. The third-order valence-corrected chi connectivity index (χ3v) is 8.39. The van der Waals surface area contributed by atoms with Crippen molar-refractivity contribution in [2.75, 3.05) is 0 Å². The van der Waals surface area contributed by atoms with Crippen LogP contribution in [0.5, 0.6) is 0 Å². The van der Waals surface area contributed by atoms with E-state index in [4.69, 9.17) is 12.2 Å². The Morgan fingerprint density at radius 3 is 2.55 bits per heavy atom. The number of nitrogens with zero attached hydrogens (tertiary/aromatic N) is 3. The number of carboxylic acids is 1. The van der Waals surface area contributed by atoms with Crippen LogP contribution in [0.15, 0.2) is 36.0 Å². The number of nitrogens with one attached hydrogen (secondary N) is 1. The number of thioether (sulfide) groups is 1. The molecule has 1 saturated heterocycles. The van der Waals surface area contributed by atoms with Crippen LogP contribution in [0.2, 0.25) is 0 Å². The van der Waals surface area contributed by atoms with Gasteiger partial charge in [-0.05, 0) is 25.3 Å². The fraction of sp³-hybridized carbons (Fsp3) is 0.300. The van der Waals surface area contributed by atoms with Gasteiger partial charge >= 0.3 is 5.97 Å². The van der Waals surface area contributed by atoms with Crippen molar-refractivity contribution in [1.29, 1.82) is 0 Å². The van der Waals surface area contributed by atoms with Crippen LogP contribution in [0.1, 0.15) is 28.4 Å². The standard InChI is InChI=1S/C20H16N4O4S3/c1-9-22-23-15(30-9)11-12(18(26)27)24-16(25)13(29)17(24)31-14(11)21-19(28)20(7-8-20)10-5-3-2-4-6-10/h2-6,14,17H,7-8H2,1H3,(H,21,28)(H,26,27)/t14?,17-/m0/s1. The van der Waals surface area contributed by atoms with Crippen LogP contribution in [0.25, 0.3) is 5.57 Å². The van der Waals surface area contributed by atoms with Gasteiger partial charge in [0.2, 0.25) is 5.91 Å². The van der Waals surface area contributed by atoms with Crippen LogP contribution in [0.4, 0.5) is 0 Å². The van der Waals surface area contributed by atoms with Crippen molar-refractivity contribution in [3.63, 3.8) is 0 Å². The van der Waals surface area contributed by atoms with E-state index < -0.39 is 28.0 Å². The van der Waals surface area contributed by atoms with E-state index in [0.717, 1.165) is 18.4 Å². The molecular formula is C20H16N4O4S3. The Bertz CT molecular complexity index is 1170. The number of carboxylic acid groups (broad SMARTS) is 1. The van der Waals surface area contributed by atoms with Gasteiger partial charge in [0.15, 0.2) is 0 Å². The molecule has 1 saturated carbocycles. The molecule has 0 spiro atoms. The van der Waals surface area contributed by atoms with E-state index in [1.165, 1.54) is 28.0 Å². The zero-order valence-electron chi connectivity index (χ0n) is 16.2. The number of β-lactam (4-membered cyclic amide) rings is 1. The molecule has 1 aromatic carbocycles. The summed E-state index contributed by atoms with van der Waals surface area (Å²) in [6.45, 7) is 1.76. The molecule has 8 nitrogen and oxygen atoms in total. The lowest BCUT2D eigenvalue weighted by molar-refractivity contribution is -0.138. The minimum absolute atomic E-state index is 0.152. The summed E-state index contributed by atoms with van der Waals surface area (Å²) in [6, 6.07) is 9.54. The van der Waals surface area contributed by atoms with E-state index in [2.05, 4.69) is 15.5 Å². The molecule has 2 N–H and O–H groups in total. The normalized spacial score (nSPS) is 23.8. The summed E-state index contributed by atoms with van der Waals surface area (Å²) in [5.41, 5.74) is 0.376. The third-order valence-electron chi connectivity index (χ3n) is 5.64. The predicted octanol–water partition coefficient (Wildman–Crippen LogP) is 2.10. The highest BCUT2D eigenvalue weighted by atomic mass is 32.2. The Kier molecular flexibility index (Phi) is 4.72. The number of amides is 2. The van der Waals surface area contributed by atoms with Gasteiger partial charge in [-0.1, -0.05) is 53.9 Å². The lowest BCUT2D eigenvalue weighted by atomic mass is 9.95. The molecule has 1 aliphatic carbocycles. The van der Waals surface area contributed by atoms with E-state index >= 15 is 0 Å². The first-order valence-electron chi connectivity index (χ1n) is 9.51. The second-order valence-electron chi connectivity index (χ2n) is 7.52. The molecule has 2 aromatic rings. The first-order valence-corrected chi connectivity index (χ1v) is 11.7. The van der Waals surface area contributed by atoms with Gasteiger partial charge in [-0.2, -0.15) is 0 Å². The highest BCUT2D eigenvalue weighted by molar-refractivity contribution is 8.03. The second kappa shape index (κ2) is 7.21. The fourth-order valence-electron chi connectivity index (χ4n) is 3.90. The summed E-state index contributed by atoms with van der Waals surface area (Å²) < 4.78 is 0. The third kappa shape index (κ3) is 3.10. The van der Waals surface area contributed by atoms with Gasteiger partial charge in [0.1, 0.15) is 31.3 Å². The van der Waals surface area contributed by atoms with Crippen molar-refractivity contribution in [3.8, 4) is 0 Å². The van der Waals surface area contributed by atoms with Gasteiger partial charge in [-0.25, -0.2) is 4.79 Å². The average Bonchev–Trinajstić information content (AvgIpc) is 3.48. The molecule has 5 rings (SSSR count). The Labute approximate surface area is 190 Å².